The Hall–Kier alpha value is -2.88. The summed E-state index contributed by atoms with van der Waals surface area (Å²) in [6.07, 6.45) is 1.06. The van der Waals surface area contributed by atoms with Gasteiger partial charge in [0.25, 0.3) is 0 Å². The van der Waals surface area contributed by atoms with Crippen LogP contribution in [-0.2, 0) is 13.0 Å². The molecular weight excluding hydrogens is 296 g/mol. The highest BCUT2D eigenvalue weighted by atomic mass is 15.1. The summed E-state index contributed by atoms with van der Waals surface area (Å²) in [5.41, 5.74) is 11.5. The Morgan fingerprint density at radius 1 is 0.958 bits per heavy atom. The molecule has 0 fully saturated rings. The molecule has 0 saturated carbocycles. The van der Waals surface area contributed by atoms with Crippen LogP contribution in [0.2, 0.25) is 0 Å². The predicted octanol–water partition coefficient (Wildman–Crippen LogP) is 4.09. The fourth-order valence-electron chi connectivity index (χ4n) is 3.23. The molecule has 0 saturated heterocycles. The second-order valence-corrected chi connectivity index (χ2v) is 6.13. The van der Waals surface area contributed by atoms with E-state index in [1.807, 2.05) is 25.1 Å². The maximum Gasteiger partial charge on any atom is 0.152 e. The van der Waals surface area contributed by atoms with Crippen LogP contribution in [0, 0.1) is 6.92 Å². The number of para-hydroxylation sites is 1. The number of nitrogens with two attached hydrogens (primary N) is 1. The molecule has 0 atom stereocenters. The van der Waals surface area contributed by atoms with Gasteiger partial charge in [-0.2, -0.15) is 0 Å². The van der Waals surface area contributed by atoms with Crippen molar-refractivity contribution in [1.82, 2.24) is 14.5 Å². The highest BCUT2D eigenvalue weighted by Crippen LogP contribution is 2.29. The van der Waals surface area contributed by atoms with Crippen molar-refractivity contribution >= 4 is 27.8 Å². The van der Waals surface area contributed by atoms with E-state index in [2.05, 4.69) is 51.8 Å². The first kappa shape index (κ1) is 14.7. The molecule has 0 radical (unpaired) electrons. The Kier molecular flexibility index (Phi) is 3.45. The number of hydrogen-bond donors (Lipinski definition) is 1. The van der Waals surface area contributed by atoms with Crippen molar-refractivity contribution in [3.05, 3.63) is 65.5 Å². The lowest BCUT2D eigenvalue weighted by molar-refractivity contribution is 0.787. The fourth-order valence-corrected chi connectivity index (χ4v) is 3.23. The quantitative estimate of drug-likeness (QED) is 0.619. The van der Waals surface area contributed by atoms with Crippen molar-refractivity contribution in [1.29, 1.82) is 0 Å². The minimum Gasteiger partial charge on any atom is -0.382 e. The number of pyridine rings is 1. The number of hydrogen-bond acceptors (Lipinski definition) is 3. The highest BCUT2D eigenvalue weighted by Gasteiger charge is 2.15. The summed E-state index contributed by atoms with van der Waals surface area (Å²) in [6, 6.07) is 16.9. The van der Waals surface area contributed by atoms with E-state index in [4.69, 9.17) is 5.73 Å². The first-order chi connectivity index (χ1) is 11.7. The van der Waals surface area contributed by atoms with Gasteiger partial charge in [0, 0.05) is 11.9 Å². The maximum atomic E-state index is 6.15. The maximum absolute atomic E-state index is 6.15. The van der Waals surface area contributed by atoms with E-state index in [-0.39, 0.29) is 0 Å². The van der Waals surface area contributed by atoms with Gasteiger partial charge in [0.15, 0.2) is 5.82 Å². The summed E-state index contributed by atoms with van der Waals surface area (Å²) in [7, 11) is 0. The normalized spacial score (nSPS) is 11.4. The summed E-state index contributed by atoms with van der Waals surface area (Å²) < 4.78 is 2.23. The topological polar surface area (TPSA) is 56.7 Å². The second-order valence-electron chi connectivity index (χ2n) is 6.13. The molecule has 24 heavy (non-hydrogen) atoms. The van der Waals surface area contributed by atoms with Gasteiger partial charge in [0.05, 0.1) is 11.0 Å². The van der Waals surface area contributed by atoms with E-state index >= 15 is 0 Å². The van der Waals surface area contributed by atoms with Crippen LogP contribution in [0.3, 0.4) is 0 Å². The molecule has 0 aliphatic rings. The zero-order chi connectivity index (χ0) is 16.7. The molecule has 0 aliphatic heterocycles. The molecule has 4 nitrogen and oxygen atoms in total. The second kappa shape index (κ2) is 5.64. The molecular formula is C20H20N4. The summed E-state index contributed by atoms with van der Waals surface area (Å²) in [5.74, 6) is 1.45. The van der Waals surface area contributed by atoms with Gasteiger partial charge in [-0.1, -0.05) is 49.4 Å². The van der Waals surface area contributed by atoms with E-state index in [0.717, 1.165) is 40.7 Å². The summed E-state index contributed by atoms with van der Waals surface area (Å²) >= 11 is 0. The van der Waals surface area contributed by atoms with Crippen LogP contribution in [0.1, 0.15) is 23.9 Å². The van der Waals surface area contributed by atoms with E-state index in [1.165, 1.54) is 11.1 Å². The van der Waals surface area contributed by atoms with Gasteiger partial charge >= 0.3 is 0 Å². The van der Waals surface area contributed by atoms with Gasteiger partial charge in [-0.3, -0.25) is 0 Å². The molecule has 0 aliphatic carbocycles. The first-order valence-electron chi connectivity index (χ1n) is 8.26. The zero-order valence-electron chi connectivity index (χ0n) is 14.0. The highest BCUT2D eigenvalue weighted by molar-refractivity contribution is 6.06. The number of aryl methyl sites for hydroxylation is 2. The van der Waals surface area contributed by atoms with Crippen LogP contribution in [0.5, 0.6) is 0 Å². The van der Waals surface area contributed by atoms with Crippen LogP contribution >= 0.6 is 0 Å². The number of rotatable bonds is 3. The fraction of sp³-hybridized carbons (Fsp3) is 0.200. The smallest absolute Gasteiger partial charge is 0.152 e. The number of fused-ring (bicyclic) bond motifs is 3. The van der Waals surface area contributed by atoms with E-state index in [1.54, 1.807) is 0 Å². The van der Waals surface area contributed by atoms with Gasteiger partial charge in [0.2, 0.25) is 0 Å². The van der Waals surface area contributed by atoms with Gasteiger partial charge in [0.1, 0.15) is 11.3 Å². The minimum absolute atomic E-state index is 0.492. The van der Waals surface area contributed by atoms with Crippen LogP contribution in [0.4, 0.5) is 5.82 Å². The van der Waals surface area contributed by atoms with Crippen molar-refractivity contribution in [2.24, 2.45) is 0 Å². The third kappa shape index (κ3) is 2.31. The molecule has 4 aromatic rings. The lowest BCUT2D eigenvalue weighted by Crippen LogP contribution is -2.03. The van der Waals surface area contributed by atoms with Crippen LogP contribution < -0.4 is 5.73 Å². The number of imidazole rings is 1. The number of nitrogens with zero attached hydrogens (tertiary/aromatic N) is 3. The van der Waals surface area contributed by atoms with Crippen LogP contribution in [0.25, 0.3) is 21.9 Å². The monoisotopic (exact) mass is 316 g/mol. The standard InChI is InChI=1S/C20H20N4/c1-3-14-8-10-15(11-9-14)12-24-13(2)22-18-19(24)16-6-4-5-7-17(16)23-20(18)21/h4-11H,3,12H2,1-2H3,(H2,21,23). The molecule has 2 heterocycles. The Bertz CT molecular complexity index is 1030. The molecule has 2 aromatic heterocycles. The molecule has 0 amide bonds. The third-order valence-electron chi connectivity index (χ3n) is 4.57. The average molecular weight is 316 g/mol. The predicted molar refractivity (Wildman–Crippen MR) is 99.1 cm³/mol. The Balaban J connectivity index is 1.92. The van der Waals surface area contributed by atoms with E-state index in [9.17, 15) is 0 Å². The molecule has 120 valence electrons. The Morgan fingerprint density at radius 3 is 2.42 bits per heavy atom. The lowest BCUT2D eigenvalue weighted by atomic mass is 10.1. The van der Waals surface area contributed by atoms with Gasteiger partial charge in [-0.15, -0.1) is 0 Å². The largest absolute Gasteiger partial charge is 0.382 e. The molecule has 0 bridgehead atoms. The molecule has 2 N–H and O–H groups in total. The van der Waals surface area contributed by atoms with E-state index in [0.29, 0.717) is 5.82 Å². The molecule has 4 heteroatoms. The number of benzene rings is 2. The van der Waals surface area contributed by atoms with Crippen molar-refractivity contribution in [2.45, 2.75) is 26.8 Å². The Labute approximate surface area is 141 Å². The third-order valence-corrected chi connectivity index (χ3v) is 4.57. The summed E-state index contributed by atoms with van der Waals surface area (Å²) in [6.45, 7) is 4.97. The van der Waals surface area contributed by atoms with Gasteiger partial charge in [-0.05, 0) is 30.5 Å². The molecule has 2 aromatic carbocycles. The van der Waals surface area contributed by atoms with E-state index < -0.39 is 0 Å². The number of nitrogen functional groups attached to an aromatic ring is 1. The first-order valence-corrected chi connectivity index (χ1v) is 8.26. The van der Waals surface area contributed by atoms with Crippen molar-refractivity contribution in [3.8, 4) is 0 Å². The number of anilines is 1. The lowest BCUT2D eigenvalue weighted by Gasteiger charge is -2.10. The van der Waals surface area contributed by atoms with Gasteiger partial charge < -0.3 is 10.3 Å². The SMILES string of the molecule is CCc1ccc(Cn2c(C)nc3c(N)nc4ccccc4c32)cc1. The molecule has 4 rings (SSSR count). The summed E-state index contributed by atoms with van der Waals surface area (Å²) in [5, 5.41) is 1.09. The average Bonchev–Trinajstić information content (AvgIpc) is 2.93. The summed E-state index contributed by atoms with van der Waals surface area (Å²) in [4.78, 5) is 9.16. The molecule has 0 unspecified atom stereocenters. The van der Waals surface area contributed by atoms with Crippen molar-refractivity contribution in [3.63, 3.8) is 0 Å². The zero-order valence-corrected chi connectivity index (χ0v) is 14.0. The van der Waals surface area contributed by atoms with Crippen LogP contribution in [0.15, 0.2) is 48.5 Å². The van der Waals surface area contributed by atoms with Gasteiger partial charge in [-0.25, -0.2) is 9.97 Å². The minimum atomic E-state index is 0.492. The number of aromatic nitrogens is 3. The Morgan fingerprint density at radius 2 is 1.67 bits per heavy atom. The van der Waals surface area contributed by atoms with Crippen LogP contribution in [-0.4, -0.2) is 14.5 Å². The van der Waals surface area contributed by atoms with Crippen molar-refractivity contribution < 1.29 is 0 Å². The van der Waals surface area contributed by atoms with Crippen molar-refractivity contribution in [2.75, 3.05) is 5.73 Å². The molecule has 0 spiro atoms.